The van der Waals surface area contributed by atoms with Crippen molar-refractivity contribution in [2.45, 2.75) is 45.4 Å². The lowest BCUT2D eigenvalue weighted by molar-refractivity contribution is -0.131. The molecule has 1 aromatic rings. The van der Waals surface area contributed by atoms with Gasteiger partial charge in [0.05, 0.1) is 12.6 Å². The van der Waals surface area contributed by atoms with E-state index in [1.807, 2.05) is 13.8 Å². The number of amides is 1. The molecule has 0 aliphatic carbocycles. The van der Waals surface area contributed by atoms with Crippen LogP contribution in [0.3, 0.4) is 0 Å². The topological polar surface area (TPSA) is 64.4 Å². The fourth-order valence-electron chi connectivity index (χ4n) is 1.78. The minimum absolute atomic E-state index is 0.0632. The molecule has 0 saturated carbocycles. The van der Waals surface area contributed by atoms with Gasteiger partial charge in [0, 0.05) is 0 Å². The number of nitrogens with one attached hydrogen (secondary N) is 1. The molecule has 0 bridgehead atoms. The molecular weight excluding hydrogens is 208 g/mol. The molecular formula is C11H16N2O3. The minimum atomic E-state index is -0.304. The number of aryl methyl sites for hydroxylation is 1. The van der Waals surface area contributed by atoms with Gasteiger partial charge >= 0.3 is 0 Å². The summed E-state index contributed by atoms with van der Waals surface area (Å²) in [6.07, 6.45) is 3.00. The molecule has 1 amide bonds. The molecule has 5 heteroatoms. The van der Waals surface area contributed by atoms with Crippen molar-refractivity contribution in [2.24, 2.45) is 0 Å². The van der Waals surface area contributed by atoms with Crippen molar-refractivity contribution in [3.8, 4) is 0 Å². The van der Waals surface area contributed by atoms with Crippen molar-refractivity contribution in [2.75, 3.05) is 0 Å². The van der Waals surface area contributed by atoms with E-state index in [-0.39, 0.29) is 18.1 Å². The van der Waals surface area contributed by atoms with Gasteiger partial charge in [0.15, 0.2) is 6.39 Å². The molecule has 0 aromatic carbocycles. The Morgan fingerprint density at radius 1 is 1.62 bits per heavy atom. The Hall–Kier alpha value is -1.36. The average molecular weight is 224 g/mol. The van der Waals surface area contributed by atoms with E-state index in [2.05, 4.69) is 10.3 Å². The predicted octanol–water partition coefficient (Wildman–Crippen LogP) is 1.17. The first-order chi connectivity index (χ1) is 7.66. The molecule has 0 radical (unpaired) electrons. The van der Waals surface area contributed by atoms with Crippen LogP contribution in [0.5, 0.6) is 0 Å². The molecule has 0 spiro atoms. The monoisotopic (exact) mass is 224 g/mol. The number of carbonyl (C=O) groups excluding carboxylic acids is 1. The second kappa shape index (κ2) is 4.65. The predicted molar refractivity (Wildman–Crippen MR) is 56.7 cm³/mol. The zero-order valence-electron chi connectivity index (χ0n) is 9.53. The summed E-state index contributed by atoms with van der Waals surface area (Å²) in [5.41, 5.74) is 0.763. The van der Waals surface area contributed by atoms with Gasteiger partial charge < -0.3 is 14.5 Å². The van der Waals surface area contributed by atoms with Crippen LogP contribution < -0.4 is 5.32 Å². The van der Waals surface area contributed by atoms with Gasteiger partial charge in [-0.2, -0.15) is 0 Å². The number of aromatic nitrogens is 1. The Morgan fingerprint density at radius 2 is 2.44 bits per heavy atom. The maximum Gasteiger partial charge on any atom is 0.249 e. The van der Waals surface area contributed by atoms with Crippen molar-refractivity contribution >= 4 is 5.91 Å². The molecule has 5 nitrogen and oxygen atoms in total. The standard InChI is InChI=1S/C11H16N2O3/c1-7-3-4-10(16-7)11(14)12-5-9-8(2)15-6-13-9/h6-7,10H,3-5H2,1-2H3,(H,12,14)/t7-,10-/m1/s1. The van der Waals surface area contributed by atoms with Crippen LogP contribution in [0.15, 0.2) is 10.8 Å². The summed E-state index contributed by atoms with van der Waals surface area (Å²) >= 11 is 0. The zero-order valence-corrected chi connectivity index (χ0v) is 9.53. The van der Waals surface area contributed by atoms with Crippen LogP contribution in [0.4, 0.5) is 0 Å². The number of hydrogen-bond donors (Lipinski definition) is 1. The van der Waals surface area contributed by atoms with E-state index >= 15 is 0 Å². The van der Waals surface area contributed by atoms with E-state index in [0.29, 0.717) is 6.54 Å². The number of rotatable bonds is 3. The Kier molecular flexibility index (Phi) is 3.24. The Balaban J connectivity index is 1.82. The van der Waals surface area contributed by atoms with Crippen LogP contribution in [0.2, 0.25) is 0 Å². The van der Waals surface area contributed by atoms with Crippen molar-refractivity contribution < 1.29 is 13.9 Å². The summed E-state index contributed by atoms with van der Waals surface area (Å²) in [5.74, 6) is 0.674. The molecule has 16 heavy (non-hydrogen) atoms. The molecule has 2 atom stereocenters. The van der Waals surface area contributed by atoms with Crippen LogP contribution in [-0.4, -0.2) is 23.1 Å². The first kappa shape index (κ1) is 11.1. The van der Waals surface area contributed by atoms with Gasteiger partial charge in [0.25, 0.3) is 0 Å². The van der Waals surface area contributed by atoms with Gasteiger partial charge in [0.2, 0.25) is 5.91 Å². The normalized spacial score (nSPS) is 24.6. The van der Waals surface area contributed by atoms with Crippen molar-refractivity contribution in [1.29, 1.82) is 0 Å². The third-order valence-corrected chi connectivity index (χ3v) is 2.80. The summed E-state index contributed by atoms with van der Waals surface area (Å²) in [6.45, 7) is 4.20. The highest BCUT2D eigenvalue weighted by molar-refractivity contribution is 5.80. The van der Waals surface area contributed by atoms with Crippen LogP contribution in [0.25, 0.3) is 0 Å². The largest absolute Gasteiger partial charge is 0.448 e. The molecule has 1 aliphatic rings. The van der Waals surface area contributed by atoms with E-state index in [1.165, 1.54) is 6.39 Å². The van der Waals surface area contributed by atoms with E-state index in [9.17, 15) is 4.79 Å². The lowest BCUT2D eigenvalue weighted by Crippen LogP contribution is -2.34. The second-order valence-electron chi connectivity index (χ2n) is 4.09. The fourth-order valence-corrected chi connectivity index (χ4v) is 1.78. The van der Waals surface area contributed by atoms with E-state index in [4.69, 9.17) is 9.15 Å². The molecule has 1 saturated heterocycles. The van der Waals surface area contributed by atoms with Gasteiger partial charge in [-0.05, 0) is 26.7 Å². The highest BCUT2D eigenvalue weighted by Crippen LogP contribution is 2.19. The molecule has 1 N–H and O–H groups in total. The highest BCUT2D eigenvalue weighted by Gasteiger charge is 2.27. The lowest BCUT2D eigenvalue weighted by atomic mass is 10.2. The Morgan fingerprint density at radius 3 is 3.00 bits per heavy atom. The maximum atomic E-state index is 11.7. The smallest absolute Gasteiger partial charge is 0.249 e. The number of ether oxygens (including phenoxy) is 1. The lowest BCUT2D eigenvalue weighted by Gasteiger charge is -2.10. The fraction of sp³-hybridized carbons (Fsp3) is 0.636. The van der Waals surface area contributed by atoms with E-state index < -0.39 is 0 Å². The number of hydrogen-bond acceptors (Lipinski definition) is 4. The molecule has 1 aromatic heterocycles. The Bertz CT molecular complexity index is 375. The molecule has 0 unspecified atom stereocenters. The zero-order chi connectivity index (χ0) is 11.5. The average Bonchev–Trinajstić information content (AvgIpc) is 2.84. The van der Waals surface area contributed by atoms with Gasteiger partial charge in [-0.25, -0.2) is 4.98 Å². The van der Waals surface area contributed by atoms with Gasteiger partial charge in [-0.1, -0.05) is 0 Å². The SMILES string of the molecule is Cc1ocnc1CNC(=O)[C@H]1CC[C@@H](C)O1. The first-order valence-corrected chi connectivity index (χ1v) is 5.49. The van der Waals surface area contributed by atoms with Crippen molar-refractivity contribution in [3.05, 3.63) is 17.8 Å². The van der Waals surface area contributed by atoms with Gasteiger partial charge in [-0.3, -0.25) is 4.79 Å². The van der Waals surface area contributed by atoms with E-state index in [0.717, 1.165) is 24.3 Å². The van der Waals surface area contributed by atoms with Gasteiger partial charge in [-0.15, -0.1) is 0 Å². The highest BCUT2D eigenvalue weighted by atomic mass is 16.5. The first-order valence-electron chi connectivity index (χ1n) is 5.49. The van der Waals surface area contributed by atoms with Crippen LogP contribution >= 0.6 is 0 Å². The minimum Gasteiger partial charge on any atom is -0.448 e. The van der Waals surface area contributed by atoms with Crippen molar-refractivity contribution in [1.82, 2.24) is 10.3 Å². The molecule has 88 valence electrons. The summed E-state index contributed by atoms with van der Waals surface area (Å²) < 4.78 is 10.5. The van der Waals surface area contributed by atoms with Crippen LogP contribution in [-0.2, 0) is 16.1 Å². The van der Waals surface area contributed by atoms with Crippen LogP contribution in [0, 0.1) is 6.92 Å². The third kappa shape index (κ3) is 2.41. The molecule has 1 aliphatic heterocycles. The quantitative estimate of drug-likeness (QED) is 0.837. The summed E-state index contributed by atoms with van der Waals surface area (Å²) in [5, 5.41) is 2.80. The molecule has 1 fully saturated rings. The molecule has 2 rings (SSSR count). The van der Waals surface area contributed by atoms with Crippen molar-refractivity contribution in [3.63, 3.8) is 0 Å². The summed E-state index contributed by atoms with van der Waals surface area (Å²) in [6, 6.07) is 0. The van der Waals surface area contributed by atoms with Crippen LogP contribution in [0.1, 0.15) is 31.2 Å². The Labute approximate surface area is 94.2 Å². The van der Waals surface area contributed by atoms with E-state index in [1.54, 1.807) is 0 Å². The number of carbonyl (C=O) groups is 1. The number of oxazole rings is 1. The van der Waals surface area contributed by atoms with Gasteiger partial charge in [0.1, 0.15) is 17.6 Å². The third-order valence-electron chi connectivity index (χ3n) is 2.80. The number of nitrogens with zero attached hydrogens (tertiary/aromatic N) is 1. The summed E-state index contributed by atoms with van der Waals surface area (Å²) in [7, 11) is 0. The summed E-state index contributed by atoms with van der Waals surface area (Å²) in [4.78, 5) is 15.7. The maximum absolute atomic E-state index is 11.7. The molecule has 2 heterocycles. The second-order valence-corrected chi connectivity index (χ2v) is 4.09.